The molecule has 0 radical (unpaired) electrons. The highest BCUT2D eigenvalue weighted by Gasteiger charge is 2.29. The zero-order valence-electron chi connectivity index (χ0n) is 14.5. The smallest absolute Gasteiger partial charge is 0.321 e. The van der Waals surface area contributed by atoms with Crippen LogP contribution in [0.15, 0.2) is 28.0 Å². The van der Waals surface area contributed by atoms with Gasteiger partial charge in [0, 0.05) is 18.9 Å². The zero-order chi connectivity index (χ0) is 19.2. The minimum atomic E-state index is -0.595. The van der Waals surface area contributed by atoms with E-state index in [2.05, 4.69) is 20.8 Å². The number of nitrogens with zero attached hydrogens (tertiary/aromatic N) is 3. The standard InChI is InChI=1S/C16H20N6O4S/c17-12(23)5-6-13-20-21-16(22(13)10-3-4-10)27-9-14(24)19-15(25)18-8-11-2-1-7-26-11/h1-2,7,10H,3-6,8-9H2,(H2,17,23)(H2,18,19,24,25). The summed E-state index contributed by atoms with van der Waals surface area (Å²) in [5.41, 5.74) is 5.19. The van der Waals surface area contributed by atoms with Crippen molar-refractivity contribution in [2.45, 2.75) is 43.4 Å². The number of hydrogen-bond donors (Lipinski definition) is 3. The van der Waals surface area contributed by atoms with Gasteiger partial charge in [0.25, 0.3) is 0 Å². The molecule has 0 unspecified atom stereocenters. The van der Waals surface area contributed by atoms with Crippen molar-refractivity contribution < 1.29 is 18.8 Å². The molecule has 1 aliphatic rings. The minimum absolute atomic E-state index is 0.0227. The maximum Gasteiger partial charge on any atom is 0.321 e. The highest BCUT2D eigenvalue weighted by molar-refractivity contribution is 7.99. The van der Waals surface area contributed by atoms with Gasteiger partial charge in [-0.2, -0.15) is 0 Å². The topological polar surface area (TPSA) is 145 Å². The van der Waals surface area contributed by atoms with Crippen molar-refractivity contribution in [1.29, 1.82) is 0 Å². The third kappa shape index (κ3) is 5.58. The molecule has 2 heterocycles. The Hall–Kier alpha value is -2.82. The first-order chi connectivity index (χ1) is 13.0. The summed E-state index contributed by atoms with van der Waals surface area (Å²) in [6.45, 7) is 0.193. The molecule has 0 spiro atoms. The number of carbonyl (C=O) groups is 3. The van der Waals surface area contributed by atoms with Gasteiger partial charge in [-0.15, -0.1) is 10.2 Å². The largest absolute Gasteiger partial charge is 0.467 e. The number of thioether (sulfide) groups is 1. The SMILES string of the molecule is NC(=O)CCc1nnc(SCC(=O)NC(=O)NCc2ccco2)n1C1CC1. The van der Waals surface area contributed by atoms with Crippen molar-refractivity contribution in [3.8, 4) is 0 Å². The lowest BCUT2D eigenvalue weighted by Crippen LogP contribution is -2.39. The van der Waals surface area contributed by atoms with Gasteiger partial charge >= 0.3 is 6.03 Å². The Bertz CT molecular complexity index is 815. The molecule has 0 bridgehead atoms. The number of aryl methyl sites for hydroxylation is 1. The molecule has 1 aliphatic carbocycles. The Balaban J connectivity index is 1.48. The van der Waals surface area contributed by atoms with E-state index < -0.39 is 17.8 Å². The van der Waals surface area contributed by atoms with Crippen molar-refractivity contribution in [3.63, 3.8) is 0 Å². The second-order valence-corrected chi connectivity index (χ2v) is 7.01. The van der Waals surface area contributed by atoms with Crippen LogP contribution in [0, 0.1) is 0 Å². The molecule has 3 rings (SSSR count). The third-order valence-corrected chi connectivity index (χ3v) is 4.77. The fourth-order valence-corrected chi connectivity index (χ4v) is 3.25. The Morgan fingerprint density at radius 3 is 2.81 bits per heavy atom. The maximum atomic E-state index is 12.0. The number of nitrogens with one attached hydrogen (secondary N) is 2. The molecular formula is C16H20N6O4S. The van der Waals surface area contributed by atoms with Gasteiger partial charge < -0.3 is 20.0 Å². The fourth-order valence-electron chi connectivity index (χ4n) is 2.43. The molecule has 10 nitrogen and oxygen atoms in total. The van der Waals surface area contributed by atoms with Crippen LogP contribution in [-0.2, 0) is 22.6 Å². The number of primary amides is 1. The maximum absolute atomic E-state index is 12.0. The van der Waals surface area contributed by atoms with E-state index in [-0.39, 0.29) is 18.7 Å². The van der Waals surface area contributed by atoms with Crippen LogP contribution in [0.25, 0.3) is 0 Å². The lowest BCUT2D eigenvalue weighted by Gasteiger charge is -2.08. The number of furan rings is 1. The molecule has 0 aliphatic heterocycles. The van der Waals surface area contributed by atoms with E-state index in [1.54, 1.807) is 12.1 Å². The summed E-state index contributed by atoms with van der Waals surface area (Å²) in [5.74, 6) is 0.466. The normalized spacial score (nSPS) is 13.3. The van der Waals surface area contributed by atoms with E-state index in [1.807, 2.05) is 4.57 Å². The number of aromatic nitrogens is 3. The van der Waals surface area contributed by atoms with E-state index in [0.717, 1.165) is 12.8 Å². The fraction of sp³-hybridized carbons (Fsp3) is 0.438. The van der Waals surface area contributed by atoms with Gasteiger partial charge in [-0.1, -0.05) is 11.8 Å². The molecule has 2 aromatic heterocycles. The average Bonchev–Trinajstić information content (AvgIpc) is 3.17. The summed E-state index contributed by atoms with van der Waals surface area (Å²) in [5, 5.41) is 13.6. The number of urea groups is 1. The molecule has 1 fully saturated rings. The first-order valence-electron chi connectivity index (χ1n) is 8.48. The number of amides is 4. The molecule has 144 valence electrons. The van der Waals surface area contributed by atoms with Crippen molar-refractivity contribution >= 4 is 29.6 Å². The number of carbonyl (C=O) groups excluding carboxylic acids is 3. The molecule has 11 heteroatoms. The Kier molecular flexibility index (Phi) is 6.12. The summed E-state index contributed by atoms with van der Waals surface area (Å²) in [4.78, 5) is 34.7. The van der Waals surface area contributed by atoms with Gasteiger partial charge in [-0.25, -0.2) is 4.79 Å². The van der Waals surface area contributed by atoms with Gasteiger partial charge in [-0.3, -0.25) is 14.9 Å². The minimum Gasteiger partial charge on any atom is -0.467 e. The summed E-state index contributed by atoms with van der Waals surface area (Å²) in [6.07, 6.45) is 4.14. The Labute approximate surface area is 159 Å². The molecule has 4 amide bonds. The Morgan fingerprint density at radius 1 is 1.33 bits per heavy atom. The molecule has 4 N–H and O–H groups in total. The van der Waals surface area contributed by atoms with Crippen LogP contribution in [0.4, 0.5) is 4.79 Å². The third-order valence-electron chi connectivity index (χ3n) is 3.83. The van der Waals surface area contributed by atoms with Crippen LogP contribution in [0.5, 0.6) is 0 Å². The molecule has 0 saturated heterocycles. The van der Waals surface area contributed by atoms with Crippen LogP contribution in [0.3, 0.4) is 0 Å². The van der Waals surface area contributed by atoms with E-state index in [4.69, 9.17) is 10.2 Å². The monoisotopic (exact) mass is 392 g/mol. The average molecular weight is 392 g/mol. The number of nitrogens with two attached hydrogens (primary N) is 1. The first kappa shape index (κ1) is 19.0. The van der Waals surface area contributed by atoms with Gasteiger partial charge in [0.1, 0.15) is 11.6 Å². The zero-order valence-corrected chi connectivity index (χ0v) is 15.3. The second-order valence-electron chi connectivity index (χ2n) is 6.07. The lowest BCUT2D eigenvalue weighted by molar-refractivity contribution is -0.118. The van der Waals surface area contributed by atoms with E-state index in [0.29, 0.717) is 29.2 Å². The van der Waals surface area contributed by atoms with Gasteiger partial charge in [0.05, 0.1) is 18.6 Å². The van der Waals surface area contributed by atoms with Crippen molar-refractivity contribution in [2.75, 3.05) is 5.75 Å². The van der Waals surface area contributed by atoms with Crippen LogP contribution in [-0.4, -0.2) is 38.4 Å². The van der Waals surface area contributed by atoms with Crippen LogP contribution in [0.1, 0.15) is 36.9 Å². The van der Waals surface area contributed by atoms with Crippen molar-refractivity contribution in [3.05, 3.63) is 30.0 Å². The predicted octanol–water partition coefficient (Wildman–Crippen LogP) is 0.742. The van der Waals surface area contributed by atoms with Crippen LogP contribution >= 0.6 is 11.8 Å². The first-order valence-corrected chi connectivity index (χ1v) is 9.46. The molecule has 2 aromatic rings. The van der Waals surface area contributed by atoms with Gasteiger partial charge in [0.2, 0.25) is 11.8 Å². The molecule has 1 saturated carbocycles. The van der Waals surface area contributed by atoms with Crippen molar-refractivity contribution in [2.24, 2.45) is 5.73 Å². The van der Waals surface area contributed by atoms with E-state index in [1.165, 1.54) is 18.0 Å². The second kappa shape index (κ2) is 8.71. The molecule has 0 aromatic carbocycles. The molecule has 27 heavy (non-hydrogen) atoms. The summed E-state index contributed by atoms with van der Waals surface area (Å²) < 4.78 is 7.05. The van der Waals surface area contributed by atoms with Crippen molar-refractivity contribution in [1.82, 2.24) is 25.4 Å². The number of imide groups is 1. The number of hydrogen-bond acceptors (Lipinski definition) is 7. The molecule has 0 atom stereocenters. The van der Waals surface area contributed by atoms with E-state index >= 15 is 0 Å². The Morgan fingerprint density at radius 2 is 2.15 bits per heavy atom. The number of rotatable bonds is 9. The predicted molar refractivity (Wildman–Crippen MR) is 95.6 cm³/mol. The summed E-state index contributed by atoms with van der Waals surface area (Å²) in [6, 6.07) is 3.14. The summed E-state index contributed by atoms with van der Waals surface area (Å²) >= 11 is 1.20. The van der Waals surface area contributed by atoms with Gasteiger partial charge in [0.15, 0.2) is 5.16 Å². The summed E-state index contributed by atoms with van der Waals surface area (Å²) in [7, 11) is 0. The lowest BCUT2D eigenvalue weighted by atomic mass is 10.3. The van der Waals surface area contributed by atoms with Crippen LogP contribution < -0.4 is 16.4 Å². The quantitative estimate of drug-likeness (QED) is 0.534. The van der Waals surface area contributed by atoms with Crippen LogP contribution in [0.2, 0.25) is 0 Å². The van der Waals surface area contributed by atoms with Gasteiger partial charge in [-0.05, 0) is 25.0 Å². The highest BCUT2D eigenvalue weighted by Crippen LogP contribution is 2.38. The molecular weight excluding hydrogens is 372 g/mol. The van der Waals surface area contributed by atoms with E-state index in [9.17, 15) is 14.4 Å². The highest BCUT2D eigenvalue weighted by atomic mass is 32.2.